The van der Waals surface area contributed by atoms with Gasteiger partial charge in [-0.2, -0.15) is 0 Å². The first-order valence-electron chi connectivity index (χ1n) is 9.54. The number of piperidine rings is 1. The van der Waals surface area contributed by atoms with Gasteiger partial charge in [-0.3, -0.25) is 0 Å². The van der Waals surface area contributed by atoms with Gasteiger partial charge in [0.05, 0.1) is 11.8 Å². The Kier molecular flexibility index (Phi) is 5.90. The van der Waals surface area contributed by atoms with E-state index in [9.17, 15) is 4.79 Å². The van der Waals surface area contributed by atoms with E-state index in [0.29, 0.717) is 6.54 Å². The first kappa shape index (κ1) is 19.2. The van der Waals surface area contributed by atoms with Gasteiger partial charge in [0.15, 0.2) is 0 Å². The largest absolute Gasteiger partial charge is 0.444 e. The predicted molar refractivity (Wildman–Crippen MR) is 110 cm³/mol. The van der Waals surface area contributed by atoms with Crippen molar-refractivity contribution in [1.82, 2.24) is 4.90 Å². The number of hydrogen-bond acceptors (Lipinski definition) is 5. The van der Waals surface area contributed by atoms with Gasteiger partial charge in [-0.15, -0.1) is 11.8 Å². The van der Waals surface area contributed by atoms with E-state index >= 15 is 0 Å². The molecule has 0 aliphatic carbocycles. The van der Waals surface area contributed by atoms with Crippen molar-refractivity contribution in [2.24, 2.45) is 0 Å². The number of rotatable bonds is 4. The van der Waals surface area contributed by atoms with Gasteiger partial charge in [0, 0.05) is 37.1 Å². The van der Waals surface area contributed by atoms with E-state index in [4.69, 9.17) is 4.74 Å². The van der Waals surface area contributed by atoms with Crippen molar-refractivity contribution in [1.29, 1.82) is 0 Å². The minimum atomic E-state index is -0.443. The molecule has 0 bridgehead atoms. The van der Waals surface area contributed by atoms with Crippen LogP contribution in [0.15, 0.2) is 24.3 Å². The summed E-state index contributed by atoms with van der Waals surface area (Å²) in [5, 5.41) is 0. The van der Waals surface area contributed by atoms with E-state index in [-0.39, 0.29) is 12.1 Å². The molecule has 0 radical (unpaired) electrons. The fraction of sp³-hybridized carbons (Fsp3) is 0.650. The molecule has 0 unspecified atom stereocenters. The summed E-state index contributed by atoms with van der Waals surface area (Å²) in [7, 11) is 0. The molecule has 2 saturated heterocycles. The SMILES string of the molecule is CCN(C(=O)OC(C)(C)C)C1CCN(c2ccc(N3CSC3)cc2)CC1. The minimum Gasteiger partial charge on any atom is -0.444 e. The van der Waals surface area contributed by atoms with Crippen LogP contribution >= 0.6 is 11.8 Å². The molecule has 2 aliphatic rings. The third-order valence-corrected chi connectivity index (χ3v) is 5.94. The highest BCUT2D eigenvalue weighted by Gasteiger charge is 2.30. The molecule has 2 heterocycles. The maximum absolute atomic E-state index is 12.5. The average Bonchev–Trinajstić information content (AvgIpc) is 2.54. The minimum absolute atomic E-state index is 0.185. The summed E-state index contributed by atoms with van der Waals surface area (Å²) >= 11 is 1.96. The monoisotopic (exact) mass is 377 g/mol. The van der Waals surface area contributed by atoms with Crippen LogP contribution in [0, 0.1) is 0 Å². The van der Waals surface area contributed by atoms with Gasteiger partial charge in [-0.05, 0) is 64.8 Å². The first-order valence-corrected chi connectivity index (χ1v) is 10.7. The predicted octanol–water partition coefficient (Wildman–Crippen LogP) is 4.38. The lowest BCUT2D eigenvalue weighted by Gasteiger charge is -2.39. The van der Waals surface area contributed by atoms with E-state index < -0.39 is 5.60 Å². The van der Waals surface area contributed by atoms with Crippen LogP contribution in [-0.4, -0.2) is 54.0 Å². The highest BCUT2D eigenvalue weighted by Crippen LogP contribution is 2.30. The van der Waals surface area contributed by atoms with Crippen LogP contribution < -0.4 is 9.80 Å². The van der Waals surface area contributed by atoms with E-state index in [0.717, 1.165) is 37.7 Å². The standard InChI is InChI=1S/C20H31N3O2S/c1-5-23(19(24)25-20(2,3)4)18-10-12-21(13-11-18)16-6-8-17(9-7-16)22-14-26-15-22/h6-9,18H,5,10-15H2,1-4H3. The van der Waals surface area contributed by atoms with Crippen LogP contribution in [0.4, 0.5) is 16.2 Å². The molecule has 1 aromatic carbocycles. The molecule has 0 atom stereocenters. The second-order valence-corrected chi connectivity index (χ2v) is 8.93. The molecule has 6 heteroatoms. The molecular weight excluding hydrogens is 346 g/mol. The maximum Gasteiger partial charge on any atom is 0.410 e. The molecule has 0 aromatic heterocycles. The summed E-state index contributed by atoms with van der Waals surface area (Å²) in [6.45, 7) is 10.4. The molecule has 0 N–H and O–H groups in total. The topological polar surface area (TPSA) is 36.0 Å². The summed E-state index contributed by atoms with van der Waals surface area (Å²) < 4.78 is 5.57. The average molecular weight is 378 g/mol. The number of carbonyl (C=O) groups excluding carboxylic acids is 1. The molecule has 5 nitrogen and oxygen atoms in total. The van der Waals surface area contributed by atoms with Crippen LogP contribution in [0.3, 0.4) is 0 Å². The molecule has 1 aromatic rings. The summed E-state index contributed by atoms with van der Waals surface area (Å²) in [5.41, 5.74) is 2.15. The van der Waals surface area contributed by atoms with Crippen molar-refractivity contribution in [2.75, 3.05) is 41.2 Å². The van der Waals surface area contributed by atoms with Gasteiger partial charge in [0.1, 0.15) is 5.60 Å². The fourth-order valence-electron chi connectivity index (χ4n) is 3.50. The Morgan fingerprint density at radius 2 is 1.65 bits per heavy atom. The van der Waals surface area contributed by atoms with Crippen molar-refractivity contribution < 1.29 is 9.53 Å². The van der Waals surface area contributed by atoms with Gasteiger partial charge in [0.25, 0.3) is 0 Å². The Hall–Kier alpha value is -1.56. The zero-order chi connectivity index (χ0) is 18.7. The quantitative estimate of drug-likeness (QED) is 0.778. The van der Waals surface area contributed by atoms with Crippen LogP contribution in [0.1, 0.15) is 40.5 Å². The molecular formula is C20H31N3O2S. The Morgan fingerprint density at radius 1 is 1.12 bits per heavy atom. The zero-order valence-electron chi connectivity index (χ0n) is 16.4. The number of thioether (sulfide) groups is 1. The maximum atomic E-state index is 12.5. The number of amides is 1. The summed E-state index contributed by atoms with van der Waals surface area (Å²) in [4.78, 5) is 19.2. The Balaban J connectivity index is 1.55. The molecule has 144 valence electrons. The lowest BCUT2D eigenvalue weighted by atomic mass is 10.0. The van der Waals surface area contributed by atoms with Crippen molar-refractivity contribution in [3.63, 3.8) is 0 Å². The number of benzene rings is 1. The van der Waals surface area contributed by atoms with Crippen molar-refractivity contribution in [3.8, 4) is 0 Å². The molecule has 0 spiro atoms. The van der Waals surface area contributed by atoms with Crippen LogP contribution in [-0.2, 0) is 4.74 Å². The van der Waals surface area contributed by atoms with Gasteiger partial charge >= 0.3 is 6.09 Å². The van der Waals surface area contributed by atoms with Gasteiger partial charge in [-0.25, -0.2) is 4.79 Å². The lowest BCUT2D eigenvalue weighted by Crippen LogP contribution is -2.48. The normalized spacial score (nSPS) is 18.5. The summed E-state index contributed by atoms with van der Waals surface area (Å²) in [6, 6.07) is 9.16. The third-order valence-electron chi connectivity index (χ3n) is 4.95. The molecule has 2 aliphatic heterocycles. The van der Waals surface area contributed by atoms with Crippen LogP contribution in [0.2, 0.25) is 0 Å². The highest BCUT2D eigenvalue weighted by molar-refractivity contribution is 8.00. The molecule has 2 fully saturated rings. The van der Waals surface area contributed by atoms with Crippen molar-refractivity contribution in [2.45, 2.75) is 52.2 Å². The number of carbonyl (C=O) groups is 1. The van der Waals surface area contributed by atoms with Gasteiger partial charge < -0.3 is 19.4 Å². The summed E-state index contributed by atoms with van der Waals surface area (Å²) in [5.74, 6) is 2.20. The molecule has 0 saturated carbocycles. The van der Waals surface area contributed by atoms with Crippen molar-refractivity contribution in [3.05, 3.63) is 24.3 Å². The number of hydrogen-bond donors (Lipinski definition) is 0. The number of ether oxygens (including phenoxy) is 1. The second-order valence-electron chi connectivity index (χ2n) is 8.00. The van der Waals surface area contributed by atoms with Crippen molar-refractivity contribution >= 4 is 29.2 Å². The first-order chi connectivity index (χ1) is 12.4. The summed E-state index contributed by atoms with van der Waals surface area (Å²) in [6.07, 6.45) is 1.78. The number of nitrogens with zero attached hydrogens (tertiary/aromatic N) is 3. The third kappa shape index (κ3) is 4.58. The zero-order valence-corrected chi connectivity index (χ0v) is 17.2. The number of anilines is 2. The lowest BCUT2D eigenvalue weighted by molar-refractivity contribution is 0.0149. The van der Waals surface area contributed by atoms with E-state index in [1.807, 2.05) is 44.4 Å². The van der Waals surface area contributed by atoms with Gasteiger partial charge in [-0.1, -0.05) is 0 Å². The fourth-order valence-corrected chi connectivity index (χ4v) is 4.16. The molecule has 3 rings (SSSR count). The van der Waals surface area contributed by atoms with Crippen LogP contribution in [0.5, 0.6) is 0 Å². The van der Waals surface area contributed by atoms with Gasteiger partial charge in [0.2, 0.25) is 0 Å². The molecule has 1 amide bonds. The van der Waals surface area contributed by atoms with Crippen LogP contribution in [0.25, 0.3) is 0 Å². The Bertz CT molecular complexity index is 602. The molecule has 26 heavy (non-hydrogen) atoms. The van der Waals surface area contributed by atoms with E-state index in [1.54, 1.807) is 0 Å². The Morgan fingerprint density at radius 3 is 2.08 bits per heavy atom. The highest BCUT2D eigenvalue weighted by atomic mass is 32.2. The Labute approximate surface area is 161 Å². The van der Waals surface area contributed by atoms with E-state index in [2.05, 4.69) is 34.1 Å². The van der Waals surface area contributed by atoms with E-state index in [1.165, 1.54) is 11.4 Å². The smallest absolute Gasteiger partial charge is 0.410 e. The second kappa shape index (κ2) is 7.99.